The highest BCUT2D eigenvalue weighted by atomic mass is 19.1. The number of methoxy groups -OCH3 is 1. The van der Waals surface area contributed by atoms with Crippen LogP contribution < -0.4 is 10.2 Å². The van der Waals surface area contributed by atoms with E-state index in [0.29, 0.717) is 57.9 Å². The van der Waals surface area contributed by atoms with Crippen LogP contribution in [-0.2, 0) is 14.3 Å². The number of rotatable bonds is 7. The Balaban J connectivity index is 1.53. The van der Waals surface area contributed by atoms with Gasteiger partial charge in [0, 0.05) is 46.4 Å². The van der Waals surface area contributed by atoms with E-state index in [1.165, 1.54) is 6.07 Å². The summed E-state index contributed by atoms with van der Waals surface area (Å²) in [5, 5.41) is 2.86. The van der Waals surface area contributed by atoms with Crippen molar-refractivity contribution in [3.05, 3.63) is 30.1 Å². The molecule has 0 radical (unpaired) electrons. The van der Waals surface area contributed by atoms with E-state index in [4.69, 9.17) is 4.74 Å². The zero-order chi connectivity index (χ0) is 18.6. The number of piperazine rings is 1. The molecule has 1 aromatic rings. The van der Waals surface area contributed by atoms with Gasteiger partial charge in [0.25, 0.3) is 0 Å². The summed E-state index contributed by atoms with van der Waals surface area (Å²) in [4.78, 5) is 29.0. The van der Waals surface area contributed by atoms with Gasteiger partial charge in [0.05, 0.1) is 5.69 Å². The molecule has 1 aliphatic heterocycles. The van der Waals surface area contributed by atoms with Crippen molar-refractivity contribution in [3.8, 4) is 0 Å². The minimum Gasteiger partial charge on any atom is -0.385 e. The minimum absolute atomic E-state index is 0.0880. The number of para-hydroxylation sites is 1. The van der Waals surface area contributed by atoms with Gasteiger partial charge >= 0.3 is 0 Å². The maximum Gasteiger partial charge on any atom is 0.238 e. The van der Waals surface area contributed by atoms with Crippen LogP contribution in [0.2, 0.25) is 0 Å². The SMILES string of the molecule is COCCCNC(=O)C1(C(=O)N2CCN(c3ccccc3F)CC2)CC1. The van der Waals surface area contributed by atoms with Crippen molar-refractivity contribution in [1.29, 1.82) is 0 Å². The number of nitrogens with zero attached hydrogens (tertiary/aromatic N) is 2. The lowest BCUT2D eigenvalue weighted by Crippen LogP contribution is -2.53. The van der Waals surface area contributed by atoms with Crippen molar-refractivity contribution in [2.24, 2.45) is 5.41 Å². The molecule has 1 aromatic carbocycles. The molecule has 0 spiro atoms. The summed E-state index contributed by atoms with van der Waals surface area (Å²) in [6.07, 6.45) is 1.94. The average molecular weight is 363 g/mol. The summed E-state index contributed by atoms with van der Waals surface area (Å²) in [5.41, 5.74) is -0.315. The van der Waals surface area contributed by atoms with Crippen LogP contribution in [0.3, 0.4) is 0 Å². The molecule has 1 saturated heterocycles. The quantitative estimate of drug-likeness (QED) is 0.588. The van der Waals surface area contributed by atoms with E-state index in [1.54, 1.807) is 24.1 Å². The third-order valence-corrected chi connectivity index (χ3v) is 5.16. The van der Waals surface area contributed by atoms with E-state index >= 15 is 0 Å². The standard InChI is InChI=1S/C19H26FN3O3/c1-26-14-4-9-21-17(24)19(7-8-19)18(25)23-12-10-22(11-13-23)16-6-3-2-5-15(16)20/h2-3,5-6H,4,7-14H2,1H3,(H,21,24). The van der Waals surface area contributed by atoms with Crippen LogP contribution >= 0.6 is 0 Å². The Hall–Kier alpha value is -2.15. The fraction of sp³-hybridized carbons (Fsp3) is 0.579. The van der Waals surface area contributed by atoms with Gasteiger partial charge < -0.3 is 19.9 Å². The molecule has 0 aromatic heterocycles. The molecule has 7 heteroatoms. The van der Waals surface area contributed by atoms with Gasteiger partial charge in [-0.05, 0) is 31.4 Å². The van der Waals surface area contributed by atoms with Crippen molar-refractivity contribution >= 4 is 17.5 Å². The summed E-state index contributed by atoms with van der Waals surface area (Å²) in [7, 11) is 1.62. The molecule has 2 aliphatic rings. The molecule has 1 saturated carbocycles. The second-order valence-corrected chi connectivity index (χ2v) is 6.92. The van der Waals surface area contributed by atoms with E-state index in [0.717, 1.165) is 6.42 Å². The Morgan fingerprint density at radius 2 is 1.88 bits per heavy atom. The molecule has 1 aliphatic carbocycles. The van der Waals surface area contributed by atoms with Crippen molar-refractivity contribution < 1.29 is 18.7 Å². The molecule has 2 fully saturated rings. The van der Waals surface area contributed by atoms with Crippen LogP contribution in [0, 0.1) is 11.2 Å². The fourth-order valence-corrected chi connectivity index (χ4v) is 3.41. The third kappa shape index (κ3) is 3.82. The van der Waals surface area contributed by atoms with Gasteiger partial charge in [0.1, 0.15) is 11.2 Å². The fourth-order valence-electron chi connectivity index (χ4n) is 3.41. The van der Waals surface area contributed by atoms with Crippen molar-refractivity contribution in [1.82, 2.24) is 10.2 Å². The minimum atomic E-state index is -0.882. The number of amides is 2. The lowest BCUT2D eigenvalue weighted by Gasteiger charge is -2.37. The zero-order valence-electron chi connectivity index (χ0n) is 15.2. The molecule has 3 rings (SSSR count). The zero-order valence-corrected chi connectivity index (χ0v) is 15.2. The Labute approximate surface area is 153 Å². The molecule has 0 unspecified atom stereocenters. The highest BCUT2D eigenvalue weighted by molar-refractivity contribution is 6.07. The highest BCUT2D eigenvalue weighted by Gasteiger charge is 2.58. The molecular weight excluding hydrogens is 337 g/mol. The van der Waals surface area contributed by atoms with Crippen LogP contribution in [0.4, 0.5) is 10.1 Å². The normalized spacial score (nSPS) is 18.5. The topological polar surface area (TPSA) is 61.9 Å². The molecule has 1 N–H and O–H groups in total. The van der Waals surface area contributed by atoms with E-state index in [1.807, 2.05) is 11.0 Å². The predicted octanol–water partition coefficient (Wildman–Crippen LogP) is 1.41. The molecule has 1 heterocycles. The van der Waals surface area contributed by atoms with E-state index in [9.17, 15) is 14.0 Å². The van der Waals surface area contributed by atoms with Crippen molar-refractivity contribution in [2.75, 3.05) is 51.3 Å². The van der Waals surface area contributed by atoms with E-state index in [2.05, 4.69) is 5.32 Å². The molecule has 142 valence electrons. The van der Waals surface area contributed by atoms with Crippen LogP contribution in [0.25, 0.3) is 0 Å². The summed E-state index contributed by atoms with van der Waals surface area (Å²) < 4.78 is 18.9. The van der Waals surface area contributed by atoms with Crippen LogP contribution in [0.5, 0.6) is 0 Å². The first-order valence-electron chi connectivity index (χ1n) is 9.14. The van der Waals surface area contributed by atoms with Crippen molar-refractivity contribution in [2.45, 2.75) is 19.3 Å². The lowest BCUT2D eigenvalue weighted by atomic mass is 10.0. The van der Waals surface area contributed by atoms with Gasteiger partial charge in [-0.3, -0.25) is 9.59 Å². The molecule has 0 atom stereocenters. The summed E-state index contributed by atoms with van der Waals surface area (Å²) in [6.45, 7) is 3.25. The van der Waals surface area contributed by atoms with Gasteiger partial charge in [-0.15, -0.1) is 0 Å². The molecule has 2 amide bonds. The Bertz CT molecular complexity index is 655. The van der Waals surface area contributed by atoms with Crippen LogP contribution in [0.15, 0.2) is 24.3 Å². The molecule has 26 heavy (non-hydrogen) atoms. The maximum absolute atomic E-state index is 13.9. The number of anilines is 1. The first-order chi connectivity index (χ1) is 12.6. The molecular formula is C19H26FN3O3. The van der Waals surface area contributed by atoms with E-state index in [-0.39, 0.29) is 17.6 Å². The van der Waals surface area contributed by atoms with Crippen LogP contribution in [0.1, 0.15) is 19.3 Å². The van der Waals surface area contributed by atoms with Gasteiger partial charge in [-0.25, -0.2) is 4.39 Å². The Morgan fingerprint density at radius 1 is 1.19 bits per heavy atom. The first-order valence-corrected chi connectivity index (χ1v) is 9.14. The number of halogens is 1. The predicted molar refractivity (Wildman–Crippen MR) is 96.4 cm³/mol. The van der Waals surface area contributed by atoms with E-state index < -0.39 is 5.41 Å². The lowest BCUT2D eigenvalue weighted by molar-refractivity contribution is -0.144. The average Bonchev–Trinajstić information content (AvgIpc) is 3.47. The summed E-state index contributed by atoms with van der Waals surface area (Å²) in [5.74, 6) is -0.508. The Kier molecular flexibility index (Phi) is 5.76. The van der Waals surface area contributed by atoms with Crippen molar-refractivity contribution in [3.63, 3.8) is 0 Å². The number of carbonyl (C=O) groups is 2. The van der Waals surface area contributed by atoms with Gasteiger partial charge in [-0.2, -0.15) is 0 Å². The number of hydrogen-bond acceptors (Lipinski definition) is 4. The molecule has 6 nitrogen and oxygen atoms in total. The second kappa shape index (κ2) is 8.03. The number of nitrogens with one attached hydrogen (secondary N) is 1. The highest BCUT2D eigenvalue weighted by Crippen LogP contribution is 2.47. The monoisotopic (exact) mass is 363 g/mol. The number of ether oxygens (including phenoxy) is 1. The number of hydrogen-bond donors (Lipinski definition) is 1. The smallest absolute Gasteiger partial charge is 0.238 e. The number of benzene rings is 1. The van der Waals surface area contributed by atoms with Gasteiger partial charge in [0.15, 0.2) is 0 Å². The maximum atomic E-state index is 13.9. The number of carbonyl (C=O) groups excluding carboxylic acids is 2. The van der Waals surface area contributed by atoms with Crippen LogP contribution in [-0.4, -0.2) is 63.2 Å². The first kappa shape index (κ1) is 18.6. The third-order valence-electron chi connectivity index (χ3n) is 5.16. The van der Waals surface area contributed by atoms with Gasteiger partial charge in [-0.1, -0.05) is 12.1 Å². The largest absolute Gasteiger partial charge is 0.385 e. The summed E-state index contributed by atoms with van der Waals surface area (Å²) in [6, 6.07) is 6.67. The van der Waals surface area contributed by atoms with Gasteiger partial charge in [0.2, 0.25) is 11.8 Å². The summed E-state index contributed by atoms with van der Waals surface area (Å²) >= 11 is 0. The Morgan fingerprint density at radius 3 is 2.50 bits per heavy atom. The second-order valence-electron chi connectivity index (χ2n) is 6.92. The molecule has 0 bridgehead atoms.